The molecule has 1 heterocycles. The third-order valence-electron chi connectivity index (χ3n) is 2.05. The van der Waals surface area contributed by atoms with Crippen LogP contribution in [-0.4, -0.2) is 24.5 Å². The summed E-state index contributed by atoms with van der Waals surface area (Å²) in [7, 11) is 0. The Labute approximate surface area is 98.6 Å². The summed E-state index contributed by atoms with van der Waals surface area (Å²) in [5, 5.41) is 4.42. The highest BCUT2D eigenvalue weighted by molar-refractivity contribution is 7.12. The predicted octanol–water partition coefficient (Wildman–Crippen LogP) is 1.74. The smallest absolute Gasteiger partial charge is 0.349 e. The van der Waals surface area contributed by atoms with E-state index in [1.165, 1.54) is 11.3 Å². The molecule has 0 unspecified atom stereocenters. The number of esters is 1. The number of amides is 1. The van der Waals surface area contributed by atoms with E-state index in [9.17, 15) is 9.59 Å². The van der Waals surface area contributed by atoms with E-state index in [1.807, 2.05) is 25.3 Å². The van der Waals surface area contributed by atoms with Crippen molar-refractivity contribution < 1.29 is 14.3 Å². The highest BCUT2D eigenvalue weighted by Gasteiger charge is 2.19. The average molecular weight is 241 g/mol. The number of hydrogen-bond acceptors (Lipinski definition) is 4. The molecule has 0 bridgehead atoms. The molecule has 0 radical (unpaired) electrons. The first-order valence-corrected chi connectivity index (χ1v) is 5.97. The van der Waals surface area contributed by atoms with E-state index in [2.05, 4.69) is 5.32 Å². The Morgan fingerprint density at radius 2 is 2.25 bits per heavy atom. The molecule has 1 amide bonds. The van der Waals surface area contributed by atoms with Gasteiger partial charge in [0.15, 0.2) is 6.10 Å². The SMILES string of the molecule is CCNC(=O)[C@H](C)OC(=O)c1sccc1C. The Morgan fingerprint density at radius 1 is 1.56 bits per heavy atom. The third-order valence-corrected chi connectivity index (χ3v) is 3.05. The van der Waals surface area contributed by atoms with Gasteiger partial charge in [0, 0.05) is 6.54 Å². The first-order chi connectivity index (χ1) is 7.56. The van der Waals surface area contributed by atoms with Gasteiger partial charge in [-0.25, -0.2) is 4.79 Å². The van der Waals surface area contributed by atoms with E-state index in [0.29, 0.717) is 11.4 Å². The molecule has 4 nitrogen and oxygen atoms in total. The monoisotopic (exact) mass is 241 g/mol. The molecule has 0 aliphatic rings. The maximum atomic E-state index is 11.7. The third kappa shape index (κ3) is 3.06. The van der Waals surface area contributed by atoms with Crippen molar-refractivity contribution in [2.75, 3.05) is 6.54 Å². The van der Waals surface area contributed by atoms with E-state index in [1.54, 1.807) is 6.92 Å². The number of rotatable bonds is 4. The van der Waals surface area contributed by atoms with Crippen molar-refractivity contribution in [2.45, 2.75) is 26.9 Å². The van der Waals surface area contributed by atoms with Crippen LogP contribution in [0.2, 0.25) is 0 Å². The van der Waals surface area contributed by atoms with Crippen LogP contribution in [0.15, 0.2) is 11.4 Å². The second kappa shape index (κ2) is 5.65. The fourth-order valence-electron chi connectivity index (χ4n) is 1.17. The van der Waals surface area contributed by atoms with Crippen molar-refractivity contribution in [1.29, 1.82) is 0 Å². The predicted molar refractivity (Wildman–Crippen MR) is 62.6 cm³/mol. The number of ether oxygens (including phenoxy) is 1. The van der Waals surface area contributed by atoms with Gasteiger partial charge in [-0.2, -0.15) is 0 Å². The summed E-state index contributed by atoms with van der Waals surface area (Å²) in [6, 6.07) is 1.85. The lowest BCUT2D eigenvalue weighted by molar-refractivity contribution is -0.128. The largest absolute Gasteiger partial charge is 0.448 e. The molecule has 1 N–H and O–H groups in total. The van der Waals surface area contributed by atoms with Crippen LogP contribution in [0.4, 0.5) is 0 Å². The van der Waals surface area contributed by atoms with Gasteiger partial charge in [-0.05, 0) is 37.8 Å². The van der Waals surface area contributed by atoms with Crippen molar-refractivity contribution in [3.8, 4) is 0 Å². The minimum absolute atomic E-state index is 0.273. The molecule has 0 saturated carbocycles. The van der Waals surface area contributed by atoms with Crippen LogP contribution >= 0.6 is 11.3 Å². The van der Waals surface area contributed by atoms with Gasteiger partial charge in [-0.15, -0.1) is 11.3 Å². The minimum atomic E-state index is -0.756. The summed E-state index contributed by atoms with van der Waals surface area (Å²) >= 11 is 1.32. The van der Waals surface area contributed by atoms with Gasteiger partial charge in [0.2, 0.25) is 0 Å². The molecule has 1 atom stereocenters. The zero-order valence-electron chi connectivity index (χ0n) is 9.57. The van der Waals surface area contributed by atoms with E-state index in [0.717, 1.165) is 5.56 Å². The topological polar surface area (TPSA) is 55.4 Å². The van der Waals surface area contributed by atoms with Crippen molar-refractivity contribution in [2.24, 2.45) is 0 Å². The minimum Gasteiger partial charge on any atom is -0.448 e. The van der Waals surface area contributed by atoms with Gasteiger partial charge >= 0.3 is 5.97 Å². The molecule has 0 aromatic carbocycles. The van der Waals surface area contributed by atoms with E-state index in [4.69, 9.17) is 4.74 Å². The molecule has 0 aliphatic carbocycles. The van der Waals surface area contributed by atoms with Crippen LogP contribution < -0.4 is 5.32 Å². The molecule has 1 aromatic heterocycles. The number of likely N-dealkylation sites (N-methyl/N-ethyl adjacent to an activating group) is 1. The lowest BCUT2D eigenvalue weighted by Gasteiger charge is -2.12. The maximum absolute atomic E-state index is 11.7. The van der Waals surface area contributed by atoms with Gasteiger partial charge in [0.25, 0.3) is 5.91 Å². The van der Waals surface area contributed by atoms with Crippen LogP contribution in [0.3, 0.4) is 0 Å². The fraction of sp³-hybridized carbons (Fsp3) is 0.455. The van der Waals surface area contributed by atoms with Gasteiger partial charge in [0.1, 0.15) is 4.88 Å². The standard InChI is InChI=1S/C11H15NO3S/c1-4-12-10(13)8(3)15-11(14)9-7(2)5-6-16-9/h5-6,8H,4H2,1-3H3,(H,12,13)/t8-/m0/s1. The zero-order valence-corrected chi connectivity index (χ0v) is 10.4. The van der Waals surface area contributed by atoms with Gasteiger partial charge in [0.05, 0.1) is 0 Å². The Morgan fingerprint density at radius 3 is 2.75 bits per heavy atom. The average Bonchev–Trinajstić information content (AvgIpc) is 2.64. The first-order valence-electron chi connectivity index (χ1n) is 5.09. The van der Waals surface area contributed by atoms with Crippen molar-refractivity contribution in [3.63, 3.8) is 0 Å². The van der Waals surface area contributed by atoms with Crippen LogP contribution in [0.1, 0.15) is 29.1 Å². The molecule has 5 heteroatoms. The zero-order chi connectivity index (χ0) is 12.1. The van der Waals surface area contributed by atoms with Crippen molar-refractivity contribution >= 4 is 23.2 Å². The van der Waals surface area contributed by atoms with Crippen LogP contribution in [0.25, 0.3) is 0 Å². The second-order valence-corrected chi connectivity index (χ2v) is 4.29. The number of carbonyl (C=O) groups excluding carboxylic acids is 2. The number of nitrogens with one attached hydrogen (secondary N) is 1. The first kappa shape index (κ1) is 12.7. The highest BCUT2D eigenvalue weighted by atomic mass is 32.1. The molecule has 0 aliphatic heterocycles. The summed E-state index contributed by atoms with van der Waals surface area (Å²) in [6.45, 7) is 5.74. The molecule has 0 spiro atoms. The van der Waals surface area contributed by atoms with Crippen molar-refractivity contribution in [3.05, 3.63) is 21.9 Å². The number of hydrogen-bond donors (Lipinski definition) is 1. The Bertz CT molecular complexity index is 386. The van der Waals surface area contributed by atoms with E-state index >= 15 is 0 Å². The van der Waals surface area contributed by atoms with Gasteiger partial charge < -0.3 is 10.1 Å². The second-order valence-electron chi connectivity index (χ2n) is 3.37. The molecule has 1 aromatic rings. The number of carbonyl (C=O) groups is 2. The Kier molecular flexibility index (Phi) is 4.49. The fourth-order valence-corrected chi connectivity index (χ4v) is 1.97. The molecule has 16 heavy (non-hydrogen) atoms. The number of aryl methyl sites for hydroxylation is 1. The lowest BCUT2D eigenvalue weighted by atomic mass is 10.3. The van der Waals surface area contributed by atoms with Gasteiger partial charge in [-0.3, -0.25) is 4.79 Å². The summed E-state index contributed by atoms with van der Waals surface area (Å²) < 4.78 is 5.05. The van der Waals surface area contributed by atoms with Gasteiger partial charge in [-0.1, -0.05) is 0 Å². The molecule has 1 rings (SSSR count). The Hall–Kier alpha value is -1.36. The molecular formula is C11H15NO3S. The molecule has 0 saturated heterocycles. The molecule has 88 valence electrons. The van der Waals surface area contributed by atoms with Crippen molar-refractivity contribution in [1.82, 2.24) is 5.32 Å². The highest BCUT2D eigenvalue weighted by Crippen LogP contribution is 2.17. The maximum Gasteiger partial charge on any atom is 0.349 e. The van der Waals surface area contributed by atoms with Crippen LogP contribution in [0, 0.1) is 6.92 Å². The quantitative estimate of drug-likeness (QED) is 0.817. The van der Waals surface area contributed by atoms with E-state index in [-0.39, 0.29) is 5.91 Å². The number of thiophene rings is 1. The van der Waals surface area contributed by atoms with Crippen LogP contribution in [0.5, 0.6) is 0 Å². The summed E-state index contributed by atoms with van der Waals surface area (Å²) in [4.78, 5) is 23.6. The normalized spacial score (nSPS) is 11.9. The van der Waals surface area contributed by atoms with Crippen LogP contribution in [-0.2, 0) is 9.53 Å². The lowest BCUT2D eigenvalue weighted by Crippen LogP contribution is -2.35. The summed E-state index contributed by atoms with van der Waals surface area (Å²) in [5.41, 5.74) is 0.873. The Balaban J connectivity index is 2.58. The summed E-state index contributed by atoms with van der Waals surface area (Å²) in [6.07, 6.45) is -0.756. The molecule has 0 fully saturated rings. The molecular weight excluding hydrogens is 226 g/mol. The van der Waals surface area contributed by atoms with E-state index < -0.39 is 12.1 Å². The summed E-state index contributed by atoms with van der Waals surface area (Å²) in [5.74, 6) is -0.712.